The standard InChI is InChI=1S/C13H10ClNOS/c14-8-6-12(17-7-8)13(16)10-2-1-3-11-9(10)4-5-15-11/h1-7,13,15-16H. The van der Waals surface area contributed by atoms with Gasteiger partial charge in [-0.1, -0.05) is 23.7 Å². The molecule has 2 aromatic heterocycles. The van der Waals surface area contributed by atoms with Crippen LogP contribution < -0.4 is 0 Å². The lowest BCUT2D eigenvalue weighted by Crippen LogP contribution is -1.97. The van der Waals surface area contributed by atoms with E-state index in [4.69, 9.17) is 11.6 Å². The van der Waals surface area contributed by atoms with E-state index < -0.39 is 6.10 Å². The molecule has 4 heteroatoms. The molecule has 17 heavy (non-hydrogen) atoms. The minimum atomic E-state index is -0.619. The van der Waals surface area contributed by atoms with Crippen molar-refractivity contribution in [3.8, 4) is 0 Å². The lowest BCUT2D eigenvalue weighted by molar-refractivity contribution is 0.226. The number of rotatable bonds is 2. The van der Waals surface area contributed by atoms with Crippen molar-refractivity contribution in [2.45, 2.75) is 6.10 Å². The molecule has 1 atom stereocenters. The van der Waals surface area contributed by atoms with Crippen LogP contribution in [0, 0.1) is 0 Å². The Morgan fingerprint density at radius 1 is 1.29 bits per heavy atom. The molecule has 3 rings (SSSR count). The van der Waals surface area contributed by atoms with Crippen molar-refractivity contribution in [2.24, 2.45) is 0 Å². The second-order valence-corrected chi connectivity index (χ2v) is 5.24. The Morgan fingerprint density at radius 2 is 2.18 bits per heavy atom. The van der Waals surface area contributed by atoms with E-state index in [-0.39, 0.29) is 0 Å². The third-order valence-electron chi connectivity index (χ3n) is 2.78. The summed E-state index contributed by atoms with van der Waals surface area (Å²) in [6.07, 6.45) is 1.26. The van der Waals surface area contributed by atoms with E-state index in [0.717, 1.165) is 21.3 Å². The van der Waals surface area contributed by atoms with Crippen LogP contribution in [-0.4, -0.2) is 10.1 Å². The number of aliphatic hydroxyl groups excluding tert-OH is 1. The Hall–Kier alpha value is -1.29. The van der Waals surface area contributed by atoms with E-state index in [9.17, 15) is 5.11 Å². The molecule has 0 radical (unpaired) electrons. The maximum atomic E-state index is 10.4. The van der Waals surface area contributed by atoms with Crippen molar-refractivity contribution >= 4 is 33.8 Å². The molecular formula is C13H10ClNOS. The molecule has 0 aliphatic carbocycles. The summed E-state index contributed by atoms with van der Waals surface area (Å²) in [5.41, 5.74) is 1.94. The van der Waals surface area contributed by atoms with E-state index in [1.165, 1.54) is 11.3 Å². The van der Waals surface area contributed by atoms with Gasteiger partial charge in [0, 0.05) is 27.4 Å². The summed E-state index contributed by atoms with van der Waals surface area (Å²) in [4.78, 5) is 4.00. The first kappa shape index (κ1) is 10.8. The highest BCUT2D eigenvalue weighted by molar-refractivity contribution is 7.10. The number of aromatic nitrogens is 1. The lowest BCUT2D eigenvalue weighted by Gasteiger charge is -2.10. The maximum Gasteiger partial charge on any atom is 0.114 e. The monoisotopic (exact) mass is 263 g/mol. The second kappa shape index (κ2) is 4.18. The smallest absolute Gasteiger partial charge is 0.114 e. The number of nitrogens with one attached hydrogen (secondary N) is 1. The number of benzene rings is 1. The molecule has 0 aliphatic rings. The quantitative estimate of drug-likeness (QED) is 0.721. The van der Waals surface area contributed by atoms with Gasteiger partial charge in [0.15, 0.2) is 0 Å². The summed E-state index contributed by atoms with van der Waals surface area (Å²) in [5.74, 6) is 0. The van der Waals surface area contributed by atoms with Gasteiger partial charge in [0.25, 0.3) is 0 Å². The first-order valence-corrected chi connectivity index (χ1v) is 6.49. The molecule has 2 nitrogen and oxygen atoms in total. The Balaban J connectivity index is 2.12. The molecule has 0 saturated carbocycles. The van der Waals surface area contributed by atoms with Crippen LogP contribution in [0.1, 0.15) is 16.5 Å². The number of aliphatic hydroxyl groups is 1. The Labute approximate surface area is 107 Å². The zero-order chi connectivity index (χ0) is 11.8. The number of halogens is 1. The fourth-order valence-corrected chi connectivity index (χ4v) is 3.06. The van der Waals surface area contributed by atoms with Gasteiger partial charge in [0.05, 0.1) is 5.02 Å². The molecule has 0 aliphatic heterocycles. The van der Waals surface area contributed by atoms with E-state index in [0.29, 0.717) is 5.02 Å². The molecule has 2 heterocycles. The van der Waals surface area contributed by atoms with Crippen LogP contribution in [0.25, 0.3) is 10.9 Å². The van der Waals surface area contributed by atoms with E-state index in [2.05, 4.69) is 4.98 Å². The van der Waals surface area contributed by atoms with Gasteiger partial charge in [-0.3, -0.25) is 0 Å². The van der Waals surface area contributed by atoms with Crippen LogP contribution in [0.15, 0.2) is 41.9 Å². The minimum Gasteiger partial charge on any atom is -0.383 e. The van der Waals surface area contributed by atoms with Gasteiger partial charge in [0.2, 0.25) is 0 Å². The van der Waals surface area contributed by atoms with Crippen molar-refractivity contribution in [3.63, 3.8) is 0 Å². The number of hydrogen-bond acceptors (Lipinski definition) is 2. The summed E-state index contributed by atoms with van der Waals surface area (Å²) in [7, 11) is 0. The van der Waals surface area contributed by atoms with Gasteiger partial charge in [0.1, 0.15) is 6.10 Å². The van der Waals surface area contributed by atoms with Gasteiger partial charge >= 0.3 is 0 Å². The lowest BCUT2D eigenvalue weighted by atomic mass is 10.0. The van der Waals surface area contributed by atoms with Crippen molar-refractivity contribution in [1.29, 1.82) is 0 Å². The van der Waals surface area contributed by atoms with Crippen LogP contribution >= 0.6 is 22.9 Å². The number of thiophene rings is 1. The average Bonchev–Trinajstić information content (AvgIpc) is 2.95. The molecule has 0 amide bonds. The number of fused-ring (bicyclic) bond motifs is 1. The summed E-state index contributed by atoms with van der Waals surface area (Å²) < 4.78 is 0. The third-order valence-corrected chi connectivity index (χ3v) is 4.11. The van der Waals surface area contributed by atoms with Crippen molar-refractivity contribution < 1.29 is 5.11 Å². The molecule has 86 valence electrons. The predicted molar refractivity (Wildman–Crippen MR) is 71.7 cm³/mol. The summed E-state index contributed by atoms with van der Waals surface area (Å²) >= 11 is 7.35. The van der Waals surface area contributed by atoms with Crippen LogP contribution in [0.5, 0.6) is 0 Å². The van der Waals surface area contributed by atoms with E-state index >= 15 is 0 Å². The Kier molecular flexibility index (Phi) is 2.67. The summed E-state index contributed by atoms with van der Waals surface area (Å²) in [5, 5.41) is 13.9. The van der Waals surface area contributed by atoms with E-state index in [1.54, 1.807) is 0 Å². The van der Waals surface area contributed by atoms with Crippen LogP contribution in [-0.2, 0) is 0 Å². The number of aromatic amines is 1. The van der Waals surface area contributed by atoms with Gasteiger partial charge in [-0.2, -0.15) is 0 Å². The van der Waals surface area contributed by atoms with Gasteiger partial charge in [-0.15, -0.1) is 11.3 Å². The van der Waals surface area contributed by atoms with Gasteiger partial charge in [-0.05, 0) is 23.8 Å². The SMILES string of the molecule is OC(c1cc(Cl)cs1)c1cccc2[nH]ccc12. The summed E-state index contributed by atoms with van der Waals surface area (Å²) in [6.45, 7) is 0. The Morgan fingerprint density at radius 3 is 2.94 bits per heavy atom. The zero-order valence-electron chi connectivity index (χ0n) is 8.85. The highest BCUT2D eigenvalue weighted by atomic mass is 35.5. The first-order chi connectivity index (χ1) is 8.25. The second-order valence-electron chi connectivity index (χ2n) is 3.86. The van der Waals surface area contributed by atoms with Crippen molar-refractivity contribution in [1.82, 2.24) is 4.98 Å². The largest absolute Gasteiger partial charge is 0.383 e. The fraction of sp³-hybridized carbons (Fsp3) is 0.0769. The third kappa shape index (κ3) is 1.86. The summed E-state index contributed by atoms with van der Waals surface area (Å²) in [6, 6.07) is 9.65. The minimum absolute atomic E-state index is 0.619. The molecule has 1 aromatic carbocycles. The highest BCUT2D eigenvalue weighted by Gasteiger charge is 2.15. The fourth-order valence-electron chi connectivity index (χ4n) is 1.97. The maximum absolute atomic E-state index is 10.4. The highest BCUT2D eigenvalue weighted by Crippen LogP contribution is 2.33. The molecule has 0 spiro atoms. The van der Waals surface area contributed by atoms with Crippen LogP contribution in [0.4, 0.5) is 0 Å². The van der Waals surface area contributed by atoms with Crippen LogP contribution in [0.3, 0.4) is 0 Å². The predicted octanol–water partition coefficient (Wildman–Crippen LogP) is 3.96. The Bertz CT molecular complexity index is 658. The topological polar surface area (TPSA) is 36.0 Å². The molecule has 0 saturated heterocycles. The molecular weight excluding hydrogens is 254 g/mol. The molecule has 0 fully saturated rings. The first-order valence-electron chi connectivity index (χ1n) is 5.24. The average molecular weight is 264 g/mol. The van der Waals surface area contributed by atoms with Crippen molar-refractivity contribution in [3.05, 3.63) is 57.4 Å². The molecule has 1 unspecified atom stereocenters. The van der Waals surface area contributed by atoms with Gasteiger partial charge < -0.3 is 10.1 Å². The normalized spacial score (nSPS) is 13.1. The number of hydrogen-bond donors (Lipinski definition) is 2. The van der Waals surface area contributed by atoms with Crippen molar-refractivity contribution in [2.75, 3.05) is 0 Å². The molecule has 3 aromatic rings. The number of H-pyrrole nitrogens is 1. The molecule has 0 bridgehead atoms. The van der Waals surface area contributed by atoms with Gasteiger partial charge in [-0.25, -0.2) is 0 Å². The molecule has 2 N–H and O–H groups in total. The van der Waals surface area contributed by atoms with Crippen LogP contribution in [0.2, 0.25) is 5.02 Å². The van der Waals surface area contributed by atoms with E-state index in [1.807, 2.05) is 41.9 Å². The zero-order valence-corrected chi connectivity index (χ0v) is 10.4.